The molecule has 5 heteroatoms. The molecule has 1 saturated carbocycles. The Morgan fingerprint density at radius 1 is 1.33 bits per heavy atom. The summed E-state index contributed by atoms with van der Waals surface area (Å²) in [6, 6.07) is 4.32. The molecule has 24 heavy (non-hydrogen) atoms. The van der Waals surface area contributed by atoms with Crippen molar-refractivity contribution >= 4 is 11.6 Å². The Labute approximate surface area is 150 Å². The van der Waals surface area contributed by atoms with E-state index in [0.717, 1.165) is 51.0 Å². The number of pyridine rings is 1. The molecule has 2 heterocycles. The normalized spacial score (nSPS) is 32.2. The maximum absolute atomic E-state index is 11.7. The first-order chi connectivity index (χ1) is 11.5. The molecule has 1 saturated heterocycles. The fourth-order valence-corrected chi connectivity index (χ4v) is 4.71. The first-order valence-corrected chi connectivity index (χ1v) is 9.52. The molecule has 134 valence electrons. The lowest BCUT2D eigenvalue weighted by molar-refractivity contribution is -0.107. The molecule has 2 fully saturated rings. The molecule has 0 bridgehead atoms. The summed E-state index contributed by atoms with van der Waals surface area (Å²) < 4.78 is 5.48. The number of ether oxygens (including phenoxy) is 1. The van der Waals surface area contributed by atoms with Gasteiger partial charge in [0.25, 0.3) is 0 Å². The van der Waals surface area contributed by atoms with E-state index in [1.807, 2.05) is 12.1 Å². The van der Waals surface area contributed by atoms with Gasteiger partial charge in [-0.2, -0.15) is 0 Å². The largest absolute Gasteiger partial charge is 0.385 e. The number of aliphatic hydroxyl groups is 1. The fourth-order valence-electron chi connectivity index (χ4n) is 4.54. The van der Waals surface area contributed by atoms with Crippen molar-refractivity contribution in [2.45, 2.75) is 50.7 Å². The van der Waals surface area contributed by atoms with Gasteiger partial charge in [-0.1, -0.05) is 24.9 Å². The van der Waals surface area contributed by atoms with Crippen molar-refractivity contribution in [3.05, 3.63) is 29.0 Å². The zero-order chi connectivity index (χ0) is 17.2. The topological polar surface area (TPSA) is 45.6 Å². The van der Waals surface area contributed by atoms with Gasteiger partial charge in [-0.05, 0) is 56.3 Å². The minimum Gasteiger partial charge on any atom is -0.385 e. The summed E-state index contributed by atoms with van der Waals surface area (Å²) in [7, 11) is 2.19. The number of hydrogen-bond donors (Lipinski definition) is 1. The summed E-state index contributed by atoms with van der Waals surface area (Å²) in [5.41, 5.74) is 0.0876. The highest BCUT2D eigenvalue weighted by atomic mass is 35.5. The van der Waals surface area contributed by atoms with Gasteiger partial charge in [0.1, 0.15) is 5.15 Å². The van der Waals surface area contributed by atoms with E-state index in [2.05, 4.69) is 23.9 Å². The van der Waals surface area contributed by atoms with Crippen LogP contribution in [0.5, 0.6) is 0 Å². The van der Waals surface area contributed by atoms with Crippen LogP contribution in [0, 0.1) is 11.8 Å². The number of halogens is 1. The Hall–Kier alpha value is -0.680. The zero-order valence-electron chi connectivity index (χ0n) is 14.7. The Bertz CT molecular complexity index is 550. The molecule has 3 rings (SSSR count). The molecule has 1 aromatic heterocycles. The van der Waals surface area contributed by atoms with Gasteiger partial charge < -0.3 is 14.7 Å². The Kier molecular flexibility index (Phi) is 5.81. The average Bonchev–Trinajstić information content (AvgIpc) is 2.59. The molecule has 0 radical (unpaired) electrons. The van der Waals surface area contributed by atoms with E-state index in [9.17, 15) is 5.11 Å². The van der Waals surface area contributed by atoms with E-state index in [4.69, 9.17) is 16.3 Å². The molecule has 1 aliphatic carbocycles. The summed E-state index contributed by atoms with van der Waals surface area (Å²) in [4.78, 5) is 6.51. The Morgan fingerprint density at radius 3 is 2.79 bits per heavy atom. The van der Waals surface area contributed by atoms with Crippen molar-refractivity contribution in [1.82, 2.24) is 9.88 Å². The highest BCUT2D eigenvalue weighted by Gasteiger charge is 2.46. The minimum atomic E-state index is -0.829. The Balaban J connectivity index is 1.81. The van der Waals surface area contributed by atoms with Crippen molar-refractivity contribution in [3.63, 3.8) is 0 Å². The monoisotopic (exact) mass is 352 g/mol. The first kappa shape index (κ1) is 18.1. The molecular weight excluding hydrogens is 324 g/mol. The van der Waals surface area contributed by atoms with Gasteiger partial charge in [0.05, 0.1) is 5.60 Å². The smallest absolute Gasteiger partial charge is 0.129 e. The number of hydrogen-bond acceptors (Lipinski definition) is 4. The summed E-state index contributed by atoms with van der Waals surface area (Å²) in [5, 5.41) is 12.2. The van der Waals surface area contributed by atoms with Crippen LogP contribution >= 0.6 is 11.6 Å². The second kappa shape index (κ2) is 7.69. The molecule has 1 aromatic rings. The molecular formula is C19H29ClN2O2. The summed E-state index contributed by atoms with van der Waals surface area (Å²) in [6.45, 7) is 4.76. The van der Waals surface area contributed by atoms with Gasteiger partial charge in [0.2, 0.25) is 0 Å². The van der Waals surface area contributed by atoms with Crippen LogP contribution in [0.1, 0.15) is 44.6 Å². The third-order valence-corrected chi connectivity index (χ3v) is 6.28. The molecule has 4 nitrogen and oxygen atoms in total. The molecule has 1 aliphatic heterocycles. The zero-order valence-corrected chi connectivity index (χ0v) is 15.5. The van der Waals surface area contributed by atoms with E-state index in [1.54, 1.807) is 6.20 Å². The maximum atomic E-state index is 11.7. The molecule has 0 amide bonds. The number of aromatic nitrogens is 1. The van der Waals surface area contributed by atoms with Crippen LogP contribution in [-0.4, -0.2) is 47.8 Å². The molecule has 3 unspecified atom stereocenters. The van der Waals surface area contributed by atoms with E-state index >= 15 is 0 Å². The molecule has 1 N–H and O–H groups in total. The Morgan fingerprint density at radius 2 is 2.08 bits per heavy atom. The summed E-state index contributed by atoms with van der Waals surface area (Å²) >= 11 is 6.10. The predicted molar refractivity (Wildman–Crippen MR) is 96.1 cm³/mol. The molecule has 3 atom stereocenters. The average molecular weight is 353 g/mol. The van der Waals surface area contributed by atoms with Crippen LogP contribution in [0.25, 0.3) is 0 Å². The first-order valence-electron chi connectivity index (χ1n) is 9.14. The highest BCUT2D eigenvalue weighted by molar-refractivity contribution is 6.29. The summed E-state index contributed by atoms with van der Waals surface area (Å²) in [5.74, 6) is 0.436. The molecule has 2 aliphatic rings. The standard InChI is InChI=1S/C19H29ClN2O2/c1-14-4-3-5-16(13-22(2)17-7-10-24-11-8-17)19(14,23)15-6-9-21-18(20)12-15/h6,9,12,14,16-17,23H,3-5,7-8,10-11,13H2,1-2H3. The fraction of sp³-hybridized carbons (Fsp3) is 0.737. The summed E-state index contributed by atoms with van der Waals surface area (Å²) in [6.07, 6.45) is 7.14. The minimum absolute atomic E-state index is 0.215. The van der Waals surface area contributed by atoms with Gasteiger partial charge in [-0.25, -0.2) is 4.98 Å². The van der Waals surface area contributed by atoms with E-state index in [-0.39, 0.29) is 11.8 Å². The third kappa shape index (κ3) is 3.62. The second-order valence-electron chi connectivity index (χ2n) is 7.50. The van der Waals surface area contributed by atoms with Gasteiger partial charge >= 0.3 is 0 Å². The van der Waals surface area contributed by atoms with Crippen LogP contribution in [-0.2, 0) is 10.3 Å². The quantitative estimate of drug-likeness (QED) is 0.843. The molecule has 0 spiro atoms. The lowest BCUT2D eigenvalue weighted by atomic mass is 9.65. The van der Waals surface area contributed by atoms with E-state index < -0.39 is 5.60 Å². The van der Waals surface area contributed by atoms with Crippen LogP contribution in [0.2, 0.25) is 5.15 Å². The van der Waals surface area contributed by atoms with Gasteiger partial charge in [-0.3, -0.25) is 0 Å². The highest BCUT2D eigenvalue weighted by Crippen LogP contribution is 2.46. The van der Waals surface area contributed by atoms with Crippen molar-refractivity contribution < 1.29 is 9.84 Å². The predicted octanol–water partition coefficient (Wildman–Crippen LogP) is 3.47. The van der Waals surface area contributed by atoms with Gasteiger partial charge in [-0.15, -0.1) is 0 Å². The SMILES string of the molecule is CC1CCCC(CN(C)C2CCOCC2)C1(O)c1ccnc(Cl)c1. The number of nitrogens with zero attached hydrogens (tertiary/aromatic N) is 2. The van der Waals surface area contributed by atoms with Gasteiger partial charge in [0.15, 0.2) is 0 Å². The molecule has 0 aromatic carbocycles. The third-order valence-electron chi connectivity index (χ3n) is 6.07. The van der Waals surface area contributed by atoms with Gasteiger partial charge in [0, 0.05) is 37.9 Å². The van der Waals surface area contributed by atoms with Crippen molar-refractivity contribution in [1.29, 1.82) is 0 Å². The van der Waals surface area contributed by atoms with Crippen LogP contribution in [0.15, 0.2) is 18.3 Å². The van der Waals surface area contributed by atoms with Crippen molar-refractivity contribution in [2.24, 2.45) is 11.8 Å². The lowest BCUT2D eigenvalue weighted by Crippen LogP contribution is -2.50. The maximum Gasteiger partial charge on any atom is 0.129 e. The van der Waals surface area contributed by atoms with E-state index in [1.165, 1.54) is 6.42 Å². The van der Waals surface area contributed by atoms with Crippen LogP contribution in [0.3, 0.4) is 0 Å². The van der Waals surface area contributed by atoms with E-state index in [0.29, 0.717) is 11.2 Å². The second-order valence-corrected chi connectivity index (χ2v) is 7.89. The number of rotatable bonds is 4. The van der Waals surface area contributed by atoms with Crippen LogP contribution < -0.4 is 0 Å². The lowest BCUT2D eigenvalue weighted by Gasteiger charge is -2.47. The van der Waals surface area contributed by atoms with Crippen molar-refractivity contribution in [2.75, 3.05) is 26.8 Å². The van der Waals surface area contributed by atoms with Crippen molar-refractivity contribution in [3.8, 4) is 0 Å². The van der Waals surface area contributed by atoms with Crippen LogP contribution in [0.4, 0.5) is 0 Å².